The van der Waals surface area contributed by atoms with E-state index in [2.05, 4.69) is 22.2 Å². The Morgan fingerprint density at radius 1 is 1.14 bits per heavy atom. The summed E-state index contributed by atoms with van der Waals surface area (Å²) in [6, 6.07) is 8.04. The largest absolute Gasteiger partial charge is 0.493 e. The fourth-order valence-electron chi connectivity index (χ4n) is 2.10. The van der Waals surface area contributed by atoms with E-state index in [1.807, 2.05) is 31.2 Å². The van der Waals surface area contributed by atoms with Crippen LogP contribution in [-0.2, 0) is 6.54 Å². The van der Waals surface area contributed by atoms with Crippen molar-refractivity contribution in [2.45, 2.75) is 26.4 Å². The molecule has 112 valence electrons. The van der Waals surface area contributed by atoms with Crippen LogP contribution in [-0.4, -0.2) is 24.2 Å². The quantitative estimate of drug-likeness (QED) is 0.885. The summed E-state index contributed by atoms with van der Waals surface area (Å²) in [7, 11) is 3.28. The number of methoxy groups -OCH3 is 2. The summed E-state index contributed by atoms with van der Waals surface area (Å²) in [6.07, 6.45) is 1.78. The van der Waals surface area contributed by atoms with Crippen LogP contribution in [0.3, 0.4) is 0 Å². The number of hydrogen-bond donors (Lipinski definition) is 1. The normalized spacial score (nSPS) is 12.0. The second kappa shape index (κ2) is 7.04. The third-order valence-corrected chi connectivity index (χ3v) is 3.33. The molecule has 0 bridgehead atoms. The molecule has 2 aromatic rings. The molecule has 1 atom stereocenters. The minimum Gasteiger partial charge on any atom is -0.493 e. The van der Waals surface area contributed by atoms with Gasteiger partial charge >= 0.3 is 0 Å². The highest BCUT2D eigenvalue weighted by molar-refractivity contribution is 5.43. The summed E-state index contributed by atoms with van der Waals surface area (Å²) in [5.41, 5.74) is 2.12. The number of benzene rings is 1. The van der Waals surface area contributed by atoms with E-state index in [9.17, 15) is 0 Å². The lowest BCUT2D eigenvalue weighted by molar-refractivity contribution is 0.354. The van der Waals surface area contributed by atoms with Crippen LogP contribution >= 0.6 is 0 Å². The Hall–Kier alpha value is -2.14. The van der Waals surface area contributed by atoms with Crippen LogP contribution in [0.15, 0.2) is 30.5 Å². The van der Waals surface area contributed by atoms with Gasteiger partial charge in [0.05, 0.1) is 19.9 Å². The second-order valence-electron chi connectivity index (χ2n) is 4.81. The Morgan fingerprint density at radius 2 is 1.90 bits per heavy atom. The zero-order valence-electron chi connectivity index (χ0n) is 12.9. The van der Waals surface area contributed by atoms with Gasteiger partial charge in [0.15, 0.2) is 11.5 Å². The molecule has 0 saturated heterocycles. The van der Waals surface area contributed by atoms with Crippen LogP contribution in [0.4, 0.5) is 0 Å². The minimum atomic E-state index is 0.181. The Bertz CT molecular complexity index is 602. The van der Waals surface area contributed by atoms with E-state index in [-0.39, 0.29) is 6.04 Å². The molecule has 0 aliphatic rings. The molecule has 1 N–H and O–H groups in total. The van der Waals surface area contributed by atoms with E-state index < -0.39 is 0 Å². The molecule has 1 unspecified atom stereocenters. The van der Waals surface area contributed by atoms with Gasteiger partial charge in [-0.25, -0.2) is 9.97 Å². The van der Waals surface area contributed by atoms with Crippen molar-refractivity contribution in [1.82, 2.24) is 15.3 Å². The fraction of sp³-hybridized carbons (Fsp3) is 0.375. The first-order valence-corrected chi connectivity index (χ1v) is 6.88. The van der Waals surface area contributed by atoms with Crippen molar-refractivity contribution in [1.29, 1.82) is 0 Å². The summed E-state index contributed by atoms with van der Waals surface area (Å²) in [5.74, 6) is 2.26. The monoisotopic (exact) mass is 287 g/mol. The third-order valence-electron chi connectivity index (χ3n) is 3.33. The van der Waals surface area contributed by atoms with Gasteiger partial charge in [-0.2, -0.15) is 0 Å². The molecule has 5 heteroatoms. The van der Waals surface area contributed by atoms with Gasteiger partial charge in [-0.3, -0.25) is 0 Å². The number of hydrogen-bond acceptors (Lipinski definition) is 5. The fourth-order valence-corrected chi connectivity index (χ4v) is 2.10. The van der Waals surface area contributed by atoms with Crippen LogP contribution in [0.1, 0.15) is 30.0 Å². The summed E-state index contributed by atoms with van der Waals surface area (Å²) in [6.45, 7) is 4.69. The molecule has 5 nitrogen and oxygen atoms in total. The molecule has 2 rings (SSSR count). The van der Waals surface area contributed by atoms with Crippen molar-refractivity contribution in [3.05, 3.63) is 47.5 Å². The van der Waals surface area contributed by atoms with Crippen LogP contribution in [0.25, 0.3) is 0 Å². The molecule has 0 radical (unpaired) electrons. The Kier molecular flexibility index (Phi) is 5.11. The number of nitrogens with one attached hydrogen (secondary N) is 1. The molecule has 1 aromatic carbocycles. The zero-order valence-corrected chi connectivity index (χ0v) is 12.9. The Labute approximate surface area is 125 Å². The molecular formula is C16H21N3O2. The molecule has 1 aromatic heterocycles. The molecule has 0 aliphatic carbocycles. The zero-order chi connectivity index (χ0) is 15.2. The van der Waals surface area contributed by atoms with Gasteiger partial charge in [0.2, 0.25) is 0 Å². The van der Waals surface area contributed by atoms with E-state index in [1.54, 1.807) is 20.4 Å². The molecule has 1 heterocycles. The van der Waals surface area contributed by atoms with Crippen molar-refractivity contribution < 1.29 is 9.47 Å². The molecule has 0 amide bonds. The van der Waals surface area contributed by atoms with E-state index in [0.29, 0.717) is 6.54 Å². The van der Waals surface area contributed by atoms with Gasteiger partial charge in [0.25, 0.3) is 0 Å². The molecule has 21 heavy (non-hydrogen) atoms. The van der Waals surface area contributed by atoms with E-state index >= 15 is 0 Å². The van der Waals surface area contributed by atoms with Gasteiger partial charge < -0.3 is 14.8 Å². The minimum absolute atomic E-state index is 0.181. The lowest BCUT2D eigenvalue weighted by atomic mass is 10.1. The average molecular weight is 287 g/mol. The summed E-state index contributed by atoms with van der Waals surface area (Å²) in [5, 5.41) is 3.44. The number of rotatable bonds is 6. The first-order chi connectivity index (χ1) is 10.1. The molecule has 0 fully saturated rings. The lowest BCUT2D eigenvalue weighted by Crippen LogP contribution is -2.19. The van der Waals surface area contributed by atoms with Crippen LogP contribution in [0.5, 0.6) is 11.5 Å². The second-order valence-corrected chi connectivity index (χ2v) is 4.81. The van der Waals surface area contributed by atoms with Crippen LogP contribution in [0, 0.1) is 6.92 Å². The first-order valence-electron chi connectivity index (χ1n) is 6.88. The van der Waals surface area contributed by atoms with Crippen molar-refractivity contribution in [2.24, 2.45) is 0 Å². The maximum Gasteiger partial charge on any atom is 0.161 e. The summed E-state index contributed by atoms with van der Waals surface area (Å²) in [4.78, 5) is 8.48. The highest BCUT2D eigenvalue weighted by atomic mass is 16.5. The lowest BCUT2D eigenvalue weighted by Gasteiger charge is -2.16. The number of nitrogens with zero attached hydrogens (tertiary/aromatic N) is 2. The number of ether oxygens (including phenoxy) is 2. The van der Waals surface area contributed by atoms with Crippen molar-refractivity contribution in [3.63, 3.8) is 0 Å². The SMILES string of the molecule is COc1ccc(C(C)NCc2ccnc(C)n2)cc1OC. The standard InChI is InChI=1S/C16H21N3O2/c1-11(18-10-14-7-8-17-12(2)19-14)13-5-6-15(20-3)16(9-13)21-4/h5-9,11,18H,10H2,1-4H3. The average Bonchev–Trinajstić information content (AvgIpc) is 2.52. The van der Waals surface area contributed by atoms with Crippen molar-refractivity contribution in [3.8, 4) is 11.5 Å². The Balaban J connectivity index is 2.04. The molecule has 0 spiro atoms. The van der Waals surface area contributed by atoms with E-state index in [1.165, 1.54) is 0 Å². The van der Waals surface area contributed by atoms with E-state index in [0.717, 1.165) is 28.6 Å². The highest BCUT2D eigenvalue weighted by Gasteiger charge is 2.10. The van der Waals surface area contributed by atoms with Gasteiger partial charge in [0, 0.05) is 18.8 Å². The van der Waals surface area contributed by atoms with Crippen molar-refractivity contribution >= 4 is 0 Å². The first kappa shape index (κ1) is 15.3. The van der Waals surface area contributed by atoms with Crippen LogP contribution < -0.4 is 14.8 Å². The molecule has 0 aliphatic heterocycles. The summed E-state index contributed by atoms with van der Waals surface area (Å²) < 4.78 is 10.6. The number of aryl methyl sites for hydroxylation is 1. The highest BCUT2D eigenvalue weighted by Crippen LogP contribution is 2.29. The Morgan fingerprint density at radius 3 is 2.57 bits per heavy atom. The maximum absolute atomic E-state index is 5.33. The molecular weight excluding hydrogens is 266 g/mol. The topological polar surface area (TPSA) is 56.3 Å². The van der Waals surface area contributed by atoms with Gasteiger partial charge in [-0.15, -0.1) is 0 Å². The number of aromatic nitrogens is 2. The van der Waals surface area contributed by atoms with Gasteiger partial charge in [0.1, 0.15) is 5.82 Å². The summed E-state index contributed by atoms with van der Waals surface area (Å²) >= 11 is 0. The third kappa shape index (κ3) is 3.92. The van der Waals surface area contributed by atoms with Gasteiger partial charge in [-0.05, 0) is 37.6 Å². The van der Waals surface area contributed by atoms with Gasteiger partial charge in [-0.1, -0.05) is 6.07 Å². The van der Waals surface area contributed by atoms with E-state index in [4.69, 9.17) is 9.47 Å². The predicted molar refractivity (Wildman–Crippen MR) is 81.6 cm³/mol. The maximum atomic E-state index is 5.33. The van der Waals surface area contributed by atoms with Crippen molar-refractivity contribution in [2.75, 3.05) is 14.2 Å². The van der Waals surface area contributed by atoms with Crippen LogP contribution in [0.2, 0.25) is 0 Å². The smallest absolute Gasteiger partial charge is 0.161 e. The predicted octanol–water partition coefficient (Wildman–Crippen LogP) is 2.65. The molecule has 0 saturated carbocycles.